The molecule has 2 aromatic rings. The number of nitro benzene ring substituents is 1. The molecule has 1 aromatic heterocycles. The molecule has 2 rings (SSSR count). The van der Waals surface area contributed by atoms with Crippen LogP contribution in [0.3, 0.4) is 0 Å². The highest BCUT2D eigenvalue weighted by Gasteiger charge is 2.18. The van der Waals surface area contributed by atoms with Gasteiger partial charge in [0.05, 0.1) is 4.92 Å². The van der Waals surface area contributed by atoms with Crippen molar-refractivity contribution in [1.82, 2.24) is 4.98 Å². The molecule has 21 heavy (non-hydrogen) atoms. The van der Waals surface area contributed by atoms with Gasteiger partial charge in [0.1, 0.15) is 16.3 Å². The Morgan fingerprint density at radius 1 is 1.43 bits per heavy atom. The monoisotopic (exact) mass is 308 g/mol. The molecule has 0 aliphatic carbocycles. The summed E-state index contributed by atoms with van der Waals surface area (Å²) >= 11 is 5.77. The van der Waals surface area contributed by atoms with Crippen LogP contribution in [0.1, 0.15) is 15.9 Å². The smallest absolute Gasteiger partial charge is 0.341 e. The average Bonchev–Trinajstić information content (AvgIpc) is 2.37. The van der Waals surface area contributed by atoms with Crippen LogP contribution in [0, 0.1) is 17.0 Å². The number of nitrogens with zero attached hydrogens (tertiary/aromatic N) is 2. The Labute approximate surface area is 123 Å². The number of aromatic nitrogens is 1. The Bertz CT molecular complexity index is 732. The maximum Gasteiger partial charge on any atom is 0.341 e. The first-order chi connectivity index (χ1) is 9.90. The quantitative estimate of drug-likeness (QED) is 0.685. The summed E-state index contributed by atoms with van der Waals surface area (Å²) in [6.07, 6.45) is 1.41. The van der Waals surface area contributed by atoms with Crippen LogP contribution in [-0.4, -0.2) is 21.0 Å². The number of carboxylic acids is 1. The fourth-order valence-electron chi connectivity index (χ4n) is 1.68. The lowest BCUT2D eigenvalue weighted by atomic mass is 10.1. The van der Waals surface area contributed by atoms with Crippen LogP contribution in [0.4, 0.5) is 5.69 Å². The van der Waals surface area contributed by atoms with E-state index < -0.39 is 10.9 Å². The lowest BCUT2D eigenvalue weighted by Crippen LogP contribution is -2.04. The molecule has 0 amide bonds. The van der Waals surface area contributed by atoms with E-state index in [1.807, 2.05) is 0 Å². The molecule has 1 heterocycles. The Morgan fingerprint density at radius 2 is 2.14 bits per heavy atom. The van der Waals surface area contributed by atoms with E-state index in [0.717, 1.165) is 0 Å². The number of hydrogen-bond acceptors (Lipinski definition) is 5. The molecule has 0 radical (unpaired) electrons. The molecule has 0 saturated heterocycles. The van der Waals surface area contributed by atoms with Crippen LogP contribution in [0.15, 0.2) is 30.5 Å². The number of ether oxygens (including phenoxy) is 1. The minimum atomic E-state index is -1.18. The molecule has 0 unspecified atom stereocenters. The van der Waals surface area contributed by atoms with Crippen LogP contribution >= 0.6 is 11.6 Å². The first-order valence-electron chi connectivity index (χ1n) is 5.71. The minimum absolute atomic E-state index is 0.0769. The number of nitro groups is 1. The van der Waals surface area contributed by atoms with Gasteiger partial charge in [-0.2, -0.15) is 0 Å². The van der Waals surface area contributed by atoms with Gasteiger partial charge < -0.3 is 9.84 Å². The van der Waals surface area contributed by atoms with Crippen LogP contribution in [0.2, 0.25) is 5.02 Å². The Morgan fingerprint density at radius 3 is 2.71 bits per heavy atom. The third-order valence-electron chi connectivity index (χ3n) is 2.67. The second-order valence-electron chi connectivity index (χ2n) is 4.09. The Hall–Kier alpha value is -2.67. The molecular weight excluding hydrogens is 300 g/mol. The van der Waals surface area contributed by atoms with Crippen LogP contribution in [0.5, 0.6) is 11.6 Å². The van der Waals surface area contributed by atoms with Gasteiger partial charge >= 0.3 is 5.97 Å². The van der Waals surface area contributed by atoms with Gasteiger partial charge in [-0.1, -0.05) is 11.6 Å². The lowest BCUT2D eigenvalue weighted by molar-refractivity contribution is -0.384. The van der Waals surface area contributed by atoms with Gasteiger partial charge in [-0.15, -0.1) is 0 Å². The van der Waals surface area contributed by atoms with E-state index in [0.29, 0.717) is 5.56 Å². The summed E-state index contributed by atoms with van der Waals surface area (Å²) < 4.78 is 5.37. The van der Waals surface area contributed by atoms with Crippen molar-refractivity contribution < 1.29 is 19.6 Å². The number of aryl methyl sites for hydroxylation is 1. The SMILES string of the molecule is Cc1ccnc(Oc2ccc([N+](=O)[O-])c(Cl)c2)c1C(=O)O. The molecule has 0 bridgehead atoms. The molecule has 8 heteroatoms. The summed E-state index contributed by atoms with van der Waals surface area (Å²) in [5.41, 5.74) is 0.146. The standard InChI is InChI=1S/C13H9ClN2O5/c1-7-4-5-15-12(11(7)13(17)18)21-8-2-3-10(16(19)20)9(14)6-8/h2-6H,1H3,(H,17,18). The Balaban J connectivity index is 2.39. The van der Waals surface area contributed by atoms with E-state index in [9.17, 15) is 14.9 Å². The maximum absolute atomic E-state index is 11.2. The Kier molecular flexibility index (Phi) is 4.04. The molecule has 0 aliphatic heterocycles. The number of hydrogen-bond donors (Lipinski definition) is 1. The molecule has 0 spiro atoms. The molecule has 7 nitrogen and oxygen atoms in total. The van der Waals surface area contributed by atoms with Crippen molar-refractivity contribution in [2.24, 2.45) is 0 Å². The van der Waals surface area contributed by atoms with E-state index in [4.69, 9.17) is 21.4 Å². The van der Waals surface area contributed by atoms with Gasteiger partial charge in [-0.3, -0.25) is 10.1 Å². The molecule has 0 saturated carbocycles. The first-order valence-corrected chi connectivity index (χ1v) is 6.08. The van der Waals surface area contributed by atoms with Gasteiger partial charge in [0, 0.05) is 18.3 Å². The molecular formula is C13H9ClN2O5. The summed E-state index contributed by atoms with van der Waals surface area (Å²) in [5, 5.41) is 19.7. The van der Waals surface area contributed by atoms with Crippen LogP contribution in [-0.2, 0) is 0 Å². The van der Waals surface area contributed by atoms with Crippen LogP contribution in [0.25, 0.3) is 0 Å². The summed E-state index contributed by atoms with van der Waals surface area (Å²) in [7, 11) is 0. The molecule has 0 atom stereocenters. The van der Waals surface area contributed by atoms with E-state index in [2.05, 4.69) is 4.98 Å². The highest BCUT2D eigenvalue weighted by atomic mass is 35.5. The summed E-state index contributed by atoms with van der Waals surface area (Å²) in [4.78, 5) is 25.1. The third kappa shape index (κ3) is 3.09. The summed E-state index contributed by atoms with van der Waals surface area (Å²) in [6.45, 7) is 1.61. The number of benzene rings is 1. The highest BCUT2D eigenvalue weighted by molar-refractivity contribution is 6.32. The predicted octanol–water partition coefficient (Wildman–Crippen LogP) is 3.44. The van der Waals surface area contributed by atoms with E-state index >= 15 is 0 Å². The molecule has 108 valence electrons. The normalized spacial score (nSPS) is 10.2. The third-order valence-corrected chi connectivity index (χ3v) is 2.97. The van der Waals surface area contributed by atoms with Gasteiger partial charge in [0.25, 0.3) is 5.69 Å². The van der Waals surface area contributed by atoms with Crippen molar-refractivity contribution in [1.29, 1.82) is 0 Å². The zero-order chi connectivity index (χ0) is 15.6. The first kappa shape index (κ1) is 14.7. The van der Waals surface area contributed by atoms with Crippen molar-refractivity contribution >= 4 is 23.3 Å². The van der Waals surface area contributed by atoms with Gasteiger partial charge in [-0.25, -0.2) is 9.78 Å². The van der Waals surface area contributed by atoms with Crippen molar-refractivity contribution in [2.75, 3.05) is 0 Å². The topological polar surface area (TPSA) is 103 Å². The fraction of sp³-hybridized carbons (Fsp3) is 0.0769. The lowest BCUT2D eigenvalue weighted by Gasteiger charge is -2.09. The van der Waals surface area contributed by atoms with Crippen LogP contribution < -0.4 is 4.74 Å². The zero-order valence-electron chi connectivity index (χ0n) is 10.7. The zero-order valence-corrected chi connectivity index (χ0v) is 11.5. The number of carbonyl (C=O) groups is 1. The van der Waals surface area contributed by atoms with Crippen molar-refractivity contribution in [2.45, 2.75) is 6.92 Å². The van der Waals surface area contributed by atoms with Gasteiger partial charge in [-0.05, 0) is 24.6 Å². The van der Waals surface area contributed by atoms with Gasteiger partial charge in [0.2, 0.25) is 5.88 Å². The number of rotatable bonds is 4. The fourth-order valence-corrected chi connectivity index (χ4v) is 1.92. The predicted molar refractivity (Wildman–Crippen MR) is 74.1 cm³/mol. The van der Waals surface area contributed by atoms with Crippen molar-refractivity contribution in [3.05, 3.63) is 56.7 Å². The number of halogens is 1. The summed E-state index contributed by atoms with van der Waals surface area (Å²) in [6, 6.07) is 5.27. The molecule has 1 N–H and O–H groups in total. The largest absolute Gasteiger partial charge is 0.477 e. The average molecular weight is 309 g/mol. The van der Waals surface area contributed by atoms with Crippen molar-refractivity contribution in [3.63, 3.8) is 0 Å². The van der Waals surface area contributed by atoms with Gasteiger partial charge in [0.15, 0.2) is 0 Å². The van der Waals surface area contributed by atoms with E-state index in [-0.39, 0.29) is 27.9 Å². The second kappa shape index (κ2) is 5.76. The minimum Gasteiger partial charge on any atom is -0.477 e. The van der Waals surface area contributed by atoms with E-state index in [1.54, 1.807) is 13.0 Å². The number of carboxylic acid groups (broad SMARTS) is 1. The van der Waals surface area contributed by atoms with Crippen molar-refractivity contribution in [3.8, 4) is 11.6 Å². The highest BCUT2D eigenvalue weighted by Crippen LogP contribution is 2.31. The second-order valence-corrected chi connectivity index (χ2v) is 4.49. The van der Waals surface area contributed by atoms with E-state index in [1.165, 1.54) is 24.4 Å². The molecule has 1 aromatic carbocycles. The molecule has 0 fully saturated rings. The molecule has 0 aliphatic rings. The number of aromatic carboxylic acids is 1. The maximum atomic E-state index is 11.2. The number of pyridine rings is 1. The summed E-state index contributed by atoms with van der Waals surface area (Å²) in [5.74, 6) is -1.12.